The van der Waals surface area contributed by atoms with Gasteiger partial charge in [0.1, 0.15) is 5.82 Å². The summed E-state index contributed by atoms with van der Waals surface area (Å²) in [6, 6.07) is 10.4. The lowest BCUT2D eigenvalue weighted by atomic mass is 10.1. The van der Waals surface area contributed by atoms with E-state index < -0.39 is 10.9 Å². The number of carbonyl (C=O) groups is 1. The van der Waals surface area contributed by atoms with Crippen molar-refractivity contribution in [3.8, 4) is 0 Å². The Bertz CT molecular complexity index is 1040. The lowest BCUT2D eigenvalue weighted by Crippen LogP contribution is -2.10. The van der Waals surface area contributed by atoms with Crippen molar-refractivity contribution >= 4 is 29.1 Å². The lowest BCUT2D eigenvalue weighted by Gasteiger charge is -2.11. The molecule has 0 aliphatic rings. The average molecular weight is 411 g/mol. The molecule has 1 aromatic carbocycles. The van der Waals surface area contributed by atoms with E-state index in [-0.39, 0.29) is 17.8 Å². The number of nitro benzene ring substituents is 1. The molecular formula is C21H21N3O4S. The van der Waals surface area contributed by atoms with Gasteiger partial charge in [-0.2, -0.15) is 0 Å². The fourth-order valence-electron chi connectivity index (χ4n) is 3.11. The number of imidazole rings is 1. The van der Waals surface area contributed by atoms with E-state index in [0.29, 0.717) is 24.1 Å². The molecule has 0 amide bonds. The highest BCUT2D eigenvalue weighted by molar-refractivity contribution is 7.09. The number of hydrogen-bond donors (Lipinski definition) is 1. The summed E-state index contributed by atoms with van der Waals surface area (Å²) in [7, 11) is 0. The predicted molar refractivity (Wildman–Crippen MR) is 112 cm³/mol. The Morgan fingerprint density at radius 1 is 1.31 bits per heavy atom. The molecule has 0 fully saturated rings. The second kappa shape index (κ2) is 9.29. The van der Waals surface area contributed by atoms with Gasteiger partial charge in [0, 0.05) is 34.9 Å². The van der Waals surface area contributed by atoms with Crippen molar-refractivity contribution < 1.29 is 14.8 Å². The van der Waals surface area contributed by atoms with Crippen LogP contribution in [0.5, 0.6) is 0 Å². The zero-order valence-electron chi connectivity index (χ0n) is 15.9. The van der Waals surface area contributed by atoms with Crippen LogP contribution in [-0.2, 0) is 24.2 Å². The summed E-state index contributed by atoms with van der Waals surface area (Å²) in [5.74, 6) is -0.216. The summed E-state index contributed by atoms with van der Waals surface area (Å²) in [6.45, 7) is 2.28. The number of rotatable bonds is 9. The third-order valence-electron chi connectivity index (χ3n) is 4.50. The van der Waals surface area contributed by atoms with Gasteiger partial charge in [0.15, 0.2) is 0 Å². The minimum atomic E-state index is -0.992. The Kier molecular flexibility index (Phi) is 6.56. The number of carboxylic acid groups (broad SMARTS) is 1. The highest BCUT2D eigenvalue weighted by Crippen LogP contribution is 2.23. The number of hydrogen-bond acceptors (Lipinski definition) is 5. The molecule has 150 valence electrons. The first-order chi connectivity index (χ1) is 14.0. The van der Waals surface area contributed by atoms with Gasteiger partial charge in [0.2, 0.25) is 0 Å². The molecule has 2 aromatic heterocycles. The highest BCUT2D eigenvalue weighted by atomic mass is 32.1. The lowest BCUT2D eigenvalue weighted by molar-refractivity contribution is -0.385. The van der Waals surface area contributed by atoms with Crippen LogP contribution in [0.15, 0.2) is 53.5 Å². The van der Waals surface area contributed by atoms with Crippen LogP contribution in [0.1, 0.15) is 35.3 Å². The van der Waals surface area contributed by atoms with E-state index in [1.807, 2.05) is 29.0 Å². The molecule has 0 aliphatic heterocycles. The van der Waals surface area contributed by atoms with Crippen LogP contribution < -0.4 is 0 Å². The van der Waals surface area contributed by atoms with Crippen molar-refractivity contribution in [1.29, 1.82) is 0 Å². The molecule has 0 saturated carbocycles. The molecule has 2 heterocycles. The minimum Gasteiger partial charge on any atom is -0.478 e. The third kappa shape index (κ3) is 4.97. The van der Waals surface area contributed by atoms with Gasteiger partial charge in [-0.25, -0.2) is 9.78 Å². The van der Waals surface area contributed by atoms with E-state index in [1.54, 1.807) is 30.5 Å². The molecule has 1 N–H and O–H groups in total. The molecule has 0 aliphatic carbocycles. The fourth-order valence-corrected chi connectivity index (χ4v) is 3.84. The number of benzene rings is 1. The maximum absolute atomic E-state index is 11.8. The van der Waals surface area contributed by atoms with Crippen molar-refractivity contribution in [2.24, 2.45) is 0 Å². The molecule has 0 radical (unpaired) electrons. The van der Waals surface area contributed by atoms with Crippen LogP contribution in [0.25, 0.3) is 6.08 Å². The summed E-state index contributed by atoms with van der Waals surface area (Å²) in [4.78, 5) is 28.2. The smallest absolute Gasteiger partial charge is 0.332 e. The number of nitrogens with zero attached hydrogens (tertiary/aromatic N) is 3. The molecule has 7 nitrogen and oxygen atoms in total. The summed E-state index contributed by atoms with van der Waals surface area (Å²) in [5, 5.41) is 23.0. The van der Waals surface area contributed by atoms with Crippen LogP contribution in [0.4, 0.5) is 5.69 Å². The average Bonchev–Trinajstić information content (AvgIpc) is 3.33. The van der Waals surface area contributed by atoms with Crippen LogP contribution in [-0.4, -0.2) is 25.6 Å². The Hall–Kier alpha value is -3.26. The number of aliphatic carboxylic acids is 1. The van der Waals surface area contributed by atoms with Crippen LogP contribution in [0.2, 0.25) is 0 Å². The van der Waals surface area contributed by atoms with Gasteiger partial charge in [-0.1, -0.05) is 31.2 Å². The molecule has 3 rings (SSSR count). The summed E-state index contributed by atoms with van der Waals surface area (Å²) in [5.41, 5.74) is 1.47. The van der Waals surface area contributed by atoms with Gasteiger partial charge in [-0.3, -0.25) is 10.1 Å². The first-order valence-corrected chi connectivity index (χ1v) is 10.1. The van der Waals surface area contributed by atoms with Gasteiger partial charge in [0.25, 0.3) is 5.69 Å². The van der Waals surface area contributed by atoms with E-state index in [2.05, 4.69) is 4.98 Å². The number of thiophene rings is 1. The molecule has 0 bridgehead atoms. The van der Waals surface area contributed by atoms with Gasteiger partial charge in [-0.15, -0.1) is 11.3 Å². The van der Waals surface area contributed by atoms with E-state index >= 15 is 0 Å². The van der Waals surface area contributed by atoms with Crippen molar-refractivity contribution in [2.75, 3.05) is 0 Å². The zero-order valence-corrected chi connectivity index (χ0v) is 16.8. The molecule has 0 spiro atoms. The van der Waals surface area contributed by atoms with Crippen molar-refractivity contribution in [1.82, 2.24) is 9.55 Å². The standard InChI is InChI=1S/C21H21N3O4S/c1-2-6-20-22-13-17(11-16(21(25)26)12-18-8-5-10-29-18)23(20)14-15-7-3-4-9-19(15)24(27)28/h3-5,7-11,13H,2,6,12,14H2,1H3,(H,25,26)/b16-11-. The van der Waals surface area contributed by atoms with Crippen molar-refractivity contribution in [3.63, 3.8) is 0 Å². The second-order valence-electron chi connectivity index (χ2n) is 6.55. The maximum atomic E-state index is 11.8. The summed E-state index contributed by atoms with van der Waals surface area (Å²) < 4.78 is 1.86. The van der Waals surface area contributed by atoms with Gasteiger partial charge in [-0.05, 0) is 23.9 Å². The third-order valence-corrected chi connectivity index (χ3v) is 5.38. The number of aryl methyl sites for hydroxylation is 1. The normalized spacial score (nSPS) is 11.6. The number of nitro groups is 1. The Balaban J connectivity index is 2.02. The zero-order chi connectivity index (χ0) is 20.8. The first-order valence-electron chi connectivity index (χ1n) is 9.22. The largest absolute Gasteiger partial charge is 0.478 e. The summed E-state index contributed by atoms with van der Waals surface area (Å²) in [6.07, 6.45) is 5.12. The van der Waals surface area contributed by atoms with E-state index in [9.17, 15) is 20.0 Å². The quantitative estimate of drug-likeness (QED) is 0.316. The number of aromatic nitrogens is 2. The van der Waals surface area contributed by atoms with E-state index in [1.165, 1.54) is 17.4 Å². The van der Waals surface area contributed by atoms with Gasteiger partial charge >= 0.3 is 5.97 Å². The molecule has 0 unspecified atom stereocenters. The SMILES string of the molecule is CCCc1ncc(/C=C(/Cc2cccs2)C(=O)O)n1Cc1ccccc1[N+](=O)[O-]. The van der Waals surface area contributed by atoms with Crippen LogP contribution in [0, 0.1) is 10.1 Å². The van der Waals surface area contributed by atoms with Gasteiger partial charge in [0.05, 0.1) is 23.4 Å². The Morgan fingerprint density at radius 3 is 2.76 bits per heavy atom. The topological polar surface area (TPSA) is 98.3 Å². The van der Waals surface area contributed by atoms with Crippen LogP contribution in [0.3, 0.4) is 0 Å². The van der Waals surface area contributed by atoms with E-state index in [0.717, 1.165) is 17.1 Å². The van der Waals surface area contributed by atoms with Gasteiger partial charge < -0.3 is 9.67 Å². The molecule has 0 atom stereocenters. The molecular weight excluding hydrogens is 390 g/mol. The molecule has 0 saturated heterocycles. The highest BCUT2D eigenvalue weighted by Gasteiger charge is 2.17. The minimum absolute atomic E-state index is 0.0376. The number of carboxylic acids is 1. The first kappa shape index (κ1) is 20.5. The molecule has 8 heteroatoms. The fraction of sp³-hybridized carbons (Fsp3) is 0.238. The second-order valence-corrected chi connectivity index (χ2v) is 7.58. The van der Waals surface area contributed by atoms with E-state index in [4.69, 9.17) is 0 Å². The number of para-hydroxylation sites is 1. The van der Waals surface area contributed by atoms with Crippen LogP contribution >= 0.6 is 11.3 Å². The monoisotopic (exact) mass is 411 g/mol. The van der Waals surface area contributed by atoms with Crippen molar-refractivity contribution in [2.45, 2.75) is 32.7 Å². The Labute approximate surface area is 172 Å². The molecule has 3 aromatic rings. The predicted octanol–water partition coefficient (Wildman–Crippen LogP) is 4.56. The van der Waals surface area contributed by atoms with Crippen molar-refractivity contribution in [3.05, 3.63) is 85.6 Å². The maximum Gasteiger partial charge on any atom is 0.332 e. The molecule has 29 heavy (non-hydrogen) atoms. The summed E-state index contributed by atoms with van der Waals surface area (Å²) >= 11 is 1.50. The Morgan fingerprint density at radius 2 is 2.10 bits per heavy atom.